The molecule has 0 saturated heterocycles. The van der Waals surface area contributed by atoms with Crippen LogP contribution in [0.1, 0.15) is 45.1 Å². The molecule has 2 aromatic carbocycles. The van der Waals surface area contributed by atoms with Crippen molar-refractivity contribution < 1.29 is 9.90 Å². The summed E-state index contributed by atoms with van der Waals surface area (Å²) in [6, 6.07) is 14.1. The number of rotatable bonds is 6. The van der Waals surface area contributed by atoms with Crippen LogP contribution in [0.3, 0.4) is 0 Å². The van der Waals surface area contributed by atoms with Gasteiger partial charge >= 0.3 is 5.97 Å². The molecule has 0 heterocycles. The fraction of sp³-hybridized carbons (Fsp3) is 0.389. The van der Waals surface area contributed by atoms with Gasteiger partial charge in [-0.15, -0.1) is 0 Å². The first-order valence-corrected chi connectivity index (χ1v) is 7.37. The fourth-order valence-electron chi connectivity index (χ4n) is 3.22. The molecule has 20 heavy (non-hydrogen) atoms. The standard InChI is InChI=1S/C18H22O2/c1-3-12-18(13-4-2,17(19)20)16-11-7-9-14-8-5-6-10-15(14)16/h5-11H,3-4,12-13H2,1-2H3,(H,19,20). The number of benzene rings is 2. The van der Waals surface area contributed by atoms with E-state index in [9.17, 15) is 9.90 Å². The van der Waals surface area contributed by atoms with Gasteiger partial charge in [0.15, 0.2) is 0 Å². The Balaban J connectivity index is 2.70. The molecule has 0 unspecified atom stereocenters. The van der Waals surface area contributed by atoms with Gasteiger partial charge in [-0.05, 0) is 29.2 Å². The summed E-state index contributed by atoms with van der Waals surface area (Å²) in [5.41, 5.74) is 0.205. The summed E-state index contributed by atoms with van der Waals surface area (Å²) in [5, 5.41) is 12.1. The lowest BCUT2D eigenvalue weighted by atomic mass is 9.72. The molecule has 2 heteroatoms. The lowest BCUT2D eigenvalue weighted by Gasteiger charge is -2.30. The molecule has 0 aromatic heterocycles. The van der Waals surface area contributed by atoms with Crippen molar-refractivity contribution in [3.8, 4) is 0 Å². The number of carbonyl (C=O) groups is 1. The van der Waals surface area contributed by atoms with Gasteiger partial charge in [0.2, 0.25) is 0 Å². The monoisotopic (exact) mass is 270 g/mol. The minimum Gasteiger partial charge on any atom is -0.481 e. The summed E-state index contributed by atoms with van der Waals surface area (Å²) in [6.45, 7) is 4.11. The second-order valence-electron chi connectivity index (χ2n) is 5.41. The smallest absolute Gasteiger partial charge is 0.314 e. The minimum atomic E-state index is -0.760. The van der Waals surface area contributed by atoms with Crippen LogP contribution in [0.25, 0.3) is 10.8 Å². The van der Waals surface area contributed by atoms with E-state index in [-0.39, 0.29) is 0 Å². The SMILES string of the molecule is CCCC(CCC)(C(=O)O)c1cccc2ccccc12. The van der Waals surface area contributed by atoms with Gasteiger partial charge in [0, 0.05) is 0 Å². The summed E-state index contributed by atoms with van der Waals surface area (Å²) < 4.78 is 0. The van der Waals surface area contributed by atoms with Crippen LogP contribution in [-0.4, -0.2) is 11.1 Å². The van der Waals surface area contributed by atoms with Gasteiger partial charge in [0.25, 0.3) is 0 Å². The van der Waals surface area contributed by atoms with Crippen molar-refractivity contribution in [1.29, 1.82) is 0 Å². The normalized spacial score (nSPS) is 11.7. The molecule has 0 fully saturated rings. The average molecular weight is 270 g/mol. The van der Waals surface area contributed by atoms with Gasteiger partial charge < -0.3 is 5.11 Å². The minimum absolute atomic E-state index is 0.685. The largest absolute Gasteiger partial charge is 0.481 e. The Kier molecular flexibility index (Phi) is 4.43. The molecular formula is C18H22O2. The molecule has 0 amide bonds. The van der Waals surface area contributed by atoms with Crippen molar-refractivity contribution in [2.75, 3.05) is 0 Å². The zero-order valence-electron chi connectivity index (χ0n) is 12.2. The summed E-state index contributed by atoms with van der Waals surface area (Å²) in [5.74, 6) is -0.697. The third-order valence-electron chi connectivity index (χ3n) is 4.07. The van der Waals surface area contributed by atoms with Crippen LogP contribution in [0.2, 0.25) is 0 Å². The summed E-state index contributed by atoms with van der Waals surface area (Å²) >= 11 is 0. The van der Waals surface area contributed by atoms with Crippen LogP contribution in [0, 0.1) is 0 Å². The van der Waals surface area contributed by atoms with Gasteiger partial charge in [0.1, 0.15) is 0 Å². The Morgan fingerprint density at radius 3 is 2.20 bits per heavy atom. The van der Waals surface area contributed by atoms with Crippen molar-refractivity contribution in [2.45, 2.75) is 44.9 Å². The molecule has 0 aliphatic carbocycles. The van der Waals surface area contributed by atoms with Crippen LogP contribution in [-0.2, 0) is 10.2 Å². The molecule has 2 rings (SSSR count). The summed E-state index contributed by atoms with van der Waals surface area (Å²) in [6.07, 6.45) is 3.11. The van der Waals surface area contributed by atoms with E-state index < -0.39 is 11.4 Å². The maximum Gasteiger partial charge on any atom is 0.314 e. The van der Waals surface area contributed by atoms with Gasteiger partial charge in [-0.2, -0.15) is 0 Å². The van der Waals surface area contributed by atoms with E-state index in [0.29, 0.717) is 12.8 Å². The number of carboxylic acid groups (broad SMARTS) is 1. The molecule has 0 saturated carbocycles. The van der Waals surface area contributed by atoms with Crippen molar-refractivity contribution in [1.82, 2.24) is 0 Å². The van der Waals surface area contributed by atoms with Gasteiger partial charge in [-0.1, -0.05) is 69.2 Å². The third kappa shape index (κ3) is 2.43. The second kappa shape index (κ2) is 6.08. The van der Waals surface area contributed by atoms with Crippen molar-refractivity contribution in [3.63, 3.8) is 0 Å². The predicted molar refractivity (Wildman–Crippen MR) is 83.1 cm³/mol. The first kappa shape index (κ1) is 14.6. The predicted octanol–water partition coefficient (Wildman–Crippen LogP) is 4.76. The van der Waals surface area contributed by atoms with Gasteiger partial charge in [-0.3, -0.25) is 4.79 Å². The number of fused-ring (bicyclic) bond motifs is 1. The number of aliphatic carboxylic acids is 1. The highest BCUT2D eigenvalue weighted by atomic mass is 16.4. The Bertz CT molecular complexity index is 590. The second-order valence-corrected chi connectivity index (χ2v) is 5.41. The van der Waals surface area contributed by atoms with Crippen molar-refractivity contribution in [3.05, 3.63) is 48.0 Å². The molecule has 0 spiro atoms. The Hall–Kier alpha value is -1.83. The molecule has 0 aliphatic rings. The van der Waals surface area contributed by atoms with Crippen LogP contribution >= 0.6 is 0 Å². The van der Waals surface area contributed by atoms with Crippen LogP contribution < -0.4 is 0 Å². The molecule has 106 valence electrons. The van der Waals surface area contributed by atoms with Gasteiger partial charge in [-0.25, -0.2) is 0 Å². The highest BCUT2D eigenvalue weighted by Gasteiger charge is 2.39. The van der Waals surface area contributed by atoms with E-state index in [0.717, 1.165) is 29.2 Å². The van der Waals surface area contributed by atoms with E-state index in [2.05, 4.69) is 13.8 Å². The van der Waals surface area contributed by atoms with Gasteiger partial charge in [0.05, 0.1) is 5.41 Å². The van der Waals surface area contributed by atoms with E-state index >= 15 is 0 Å². The number of carboxylic acids is 1. The Morgan fingerprint density at radius 1 is 1.00 bits per heavy atom. The molecule has 2 nitrogen and oxygen atoms in total. The fourth-order valence-corrected chi connectivity index (χ4v) is 3.22. The molecule has 2 aromatic rings. The Morgan fingerprint density at radius 2 is 1.60 bits per heavy atom. The zero-order chi connectivity index (χ0) is 14.6. The van der Waals surface area contributed by atoms with E-state index in [1.54, 1.807) is 0 Å². The summed E-state index contributed by atoms with van der Waals surface area (Å²) in [4.78, 5) is 12.0. The van der Waals surface area contributed by atoms with E-state index in [1.807, 2.05) is 42.5 Å². The molecule has 0 radical (unpaired) electrons. The lowest BCUT2D eigenvalue weighted by Crippen LogP contribution is -2.36. The molecule has 0 atom stereocenters. The van der Waals surface area contributed by atoms with Crippen LogP contribution in [0.4, 0.5) is 0 Å². The van der Waals surface area contributed by atoms with Crippen molar-refractivity contribution in [2.24, 2.45) is 0 Å². The lowest BCUT2D eigenvalue weighted by molar-refractivity contribution is -0.144. The number of hydrogen-bond acceptors (Lipinski definition) is 1. The molecule has 1 N–H and O–H groups in total. The zero-order valence-corrected chi connectivity index (χ0v) is 12.2. The summed E-state index contributed by atoms with van der Waals surface area (Å²) in [7, 11) is 0. The highest BCUT2D eigenvalue weighted by Crippen LogP contribution is 2.38. The van der Waals surface area contributed by atoms with Crippen LogP contribution in [0.15, 0.2) is 42.5 Å². The molecule has 0 aliphatic heterocycles. The third-order valence-corrected chi connectivity index (χ3v) is 4.07. The van der Waals surface area contributed by atoms with E-state index in [4.69, 9.17) is 0 Å². The maximum atomic E-state index is 12.0. The first-order valence-electron chi connectivity index (χ1n) is 7.37. The quantitative estimate of drug-likeness (QED) is 0.821. The van der Waals surface area contributed by atoms with Crippen molar-refractivity contribution >= 4 is 16.7 Å². The topological polar surface area (TPSA) is 37.3 Å². The highest BCUT2D eigenvalue weighted by molar-refractivity contribution is 5.93. The average Bonchev–Trinajstić information content (AvgIpc) is 2.46. The van der Waals surface area contributed by atoms with Crippen LogP contribution in [0.5, 0.6) is 0 Å². The number of hydrogen-bond donors (Lipinski definition) is 1. The van der Waals surface area contributed by atoms with E-state index in [1.165, 1.54) is 0 Å². The first-order chi connectivity index (χ1) is 9.65. The maximum absolute atomic E-state index is 12.0. The molecular weight excluding hydrogens is 248 g/mol. The Labute approximate surface area is 120 Å². The molecule has 0 bridgehead atoms.